The van der Waals surface area contributed by atoms with Crippen LogP contribution >= 0.6 is 23.2 Å². The summed E-state index contributed by atoms with van der Waals surface area (Å²) >= 11 is 12.4. The number of carboxylic acids is 1. The Bertz CT molecular complexity index is 976. The lowest BCUT2D eigenvalue weighted by Crippen LogP contribution is -2.52. The van der Waals surface area contributed by atoms with E-state index in [1.807, 2.05) is 12.1 Å². The maximum atomic E-state index is 14.4. The third-order valence-electron chi connectivity index (χ3n) is 6.50. The summed E-state index contributed by atoms with van der Waals surface area (Å²) in [7, 11) is 0. The highest BCUT2D eigenvalue weighted by Gasteiger charge is 2.31. The quantitative estimate of drug-likeness (QED) is 0.571. The minimum Gasteiger partial charge on any atom is -0.478 e. The maximum absolute atomic E-state index is 14.4. The molecule has 2 aromatic carbocycles. The number of rotatable bonds is 6. The average molecular weight is 465 g/mol. The number of hydrogen-bond acceptors (Lipinski definition) is 3. The van der Waals surface area contributed by atoms with Gasteiger partial charge in [0.1, 0.15) is 5.82 Å². The van der Waals surface area contributed by atoms with E-state index in [1.54, 1.807) is 12.1 Å². The van der Waals surface area contributed by atoms with Crippen molar-refractivity contribution in [2.45, 2.75) is 51.2 Å². The number of benzene rings is 2. The van der Waals surface area contributed by atoms with Crippen LogP contribution in [0.2, 0.25) is 10.0 Å². The van der Waals surface area contributed by atoms with Crippen molar-refractivity contribution in [2.24, 2.45) is 0 Å². The van der Waals surface area contributed by atoms with Crippen molar-refractivity contribution >= 4 is 29.2 Å². The number of nitrogens with zero attached hydrogens (tertiary/aromatic N) is 2. The van der Waals surface area contributed by atoms with Crippen molar-refractivity contribution in [2.75, 3.05) is 19.6 Å². The van der Waals surface area contributed by atoms with Crippen molar-refractivity contribution in [1.82, 2.24) is 9.80 Å². The molecule has 2 aromatic rings. The Hall–Kier alpha value is -1.66. The van der Waals surface area contributed by atoms with Gasteiger partial charge in [0.15, 0.2) is 0 Å². The van der Waals surface area contributed by atoms with E-state index in [-0.39, 0.29) is 11.6 Å². The number of halogens is 3. The predicted molar refractivity (Wildman–Crippen MR) is 122 cm³/mol. The van der Waals surface area contributed by atoms with Crippen LogP contribution in [0.15, 0.2) is 30.3 Å². The largest absolute Gasteiger partial charge is 0.478 e. The van der Waals surface area contributed by atoms with Crippen LogP contribution in [0.3, 0.4) is 0 Å². The van der Waals surface area contributed by atoms with E-state index < -0.39 is 11.8 Å². The first kappa shape index (κ1) is 22.5. The van der Waals surface area contributed by atoms with Crippen LogP contribution in [0.25, 0.3) is 0 Å². The average Bonchev–Trinajstić information content (AvgIpc) is 3.52. The fraction of sp³-hybridized carbons (Fsp3) is 0.458. The fourth-order valence-electron chi connectivity index (χ4n) is 4.72. The minimum atomic E-state index is -1.21. The van der Waals surface area contributed by atoms with Gasteiger partial charge in [-0.2, -0.15) is 0 Å². The molecule has 0 bridgehead atoms. The number of carboxylic acid groups (broad SMARTS) is 1. The molecule has 0 radical (unpaired) electrons. The molecule has 0 spiro atoms. The van der Waals surface area contributed by atoms with Gasteiger partial charge < -0.3 is 5.11 Å². The van der Waals surface area contributed by atoms with Crippen LogP contribution in [-0.4, -0.2) is 46.6 Å². The molecular weight excluding hydrogens is 438 g/mol. The van der Waals surface area contributed by atoms with E-state index in [0.717, 1.165) is 49.2 Å². The van der Waals surface area contributed by atoms with E-state index in [2.05, 4.69) is 23.6 Å². The van der Waals surface area contributed by atoms with Gasteiger partial charge in [-0.25, -0.2) is 9.18 Å². The Labute approximate surface area is 192 Å². The highest BCUT2D eigenvalue weighted by atomic mass is 35.5. The summed E-state index contributed by atoms with van der Waals surface area (Å²) in [6.07, 6.45) is 2.09. The molecule has 1 unspecified atom stereocenters. The summed E-state index contributed by atoms with van der Waals surface area (Å²) in [5.74, 6) is -1.49. The Morgan fingerprint density at radius 1 is 1.16 bits per heavy atom. The van der Waals surface area contributed by atoms with E-state index in [1.165, 1.54) is 6.07 Å². The van der Waals surface area contributed by atoms with Gasteiger partial charge in [0, 0.05) is 48.3 Å². The molecule has 31 heavy (non-hydrogen) atoms. The Morgan fingerprint density at radius 3 is 2.42 bits per heavy atom. The number of aromatic carboxylic acids is 1. The lowest BCUT2D eigenvalue weighted by molar-refractivity contribution is 0.0503. The zero-order valence-corrected chi connectivity index (χ0v) is 19.3. The zero-order valence-electron chi connectivity index (χ0n) is 17.7. The molecule has 4 rings (SSSR count). The van der Waals surface area contributed by atoms with E-state index in [4.69, 9.17) is 23.2 Å². The molecule has 0 aromatic heterocycles. The molecule has 1 aliphatic heterocycles. The van der Waals surface area contributed by atoms with Crippen LogP contribution in [-0.2, 0) is 6.54 Å². The predicted octanol–water partition coefficient (Wildman–Crippen LogP) is 5.98. The fourth-order valence-corrected chi connectivity index (χ4v) is 5.26. The first-order valence-electron chi connectivity index (χ1n) is 10.7. The lowest BCUT2D eigenvalue weighted by Gasteiger charge is -2.43. The summed E-state index contributed by atoms with van der Waals surface area (Å²) in [5.41, 5.74) is 2.79. The molecule has 4 nitrogen and oxygen atoms in total. The van der Waals surface area contributed by atoms with Crippen LogP contribution in [0.1, 0.15) is 65.7 Å². The summed E-state index contributed by atoms with van der Waals surface area (Å²) in [6.45, 7) is 7.59. The van der Waals surface area contributed by atoms with Crippen LogP contribution in [0.5, 0.6) is 0 Å². The normalized spacial score (nSPS) is 21.3. The first-order chi connectivity index (χ1) is 14.7. The Balaban J connectivity index is 1.47. The highest BCUT2D eigenvalue weighted by molar-refractivity contribution is 6.34. The molecule has 2 atom stereocenters. The molecule has 7 heteroatoms. The minimum absolute atomic E-state index is 0.183. The highest BCUT2D eigenvalue weighted by Crippen LogP contribution is 2.43. The maximum Gasteiger partial charge on any atom is 0.338 e. The van der Waals surface area contributed by atoms with Crippen molar-refractivity contribution in [3.8, 4) is 0 Å². The summed E-state index contributed by atoms with van der Waals surface area (Å²) in [5, 5.41) is 10.6. The van der Waals surface area contributed by atoms with Crippen LogP contribution in [0.4, 0.5) is 4.39 Å². The van der Waals surface area contributed by atoms with Gasteiger partial charge in [0.2, 0.25) is 0 Å². The zero-order chi connectivity index (χ0) is 22.3. The van der Waals surface area contributed by atoms with Gasteiger partial charge >= 0.3 is 5.97 Å². The summed E-state index contributed by atoms with van der Waals surface area (Å²) < 4.78 is 14.4. The van der Waals surface area contributed by atoms with Gasteiger partial charge in [-0.05, 0) is 79.6 Å². The van der Waals surface area contributed by atoms with Gasteiger partial charge in [0.25, 0.3) is 0 Å². The molecule has 1 heterocycles. The molecule has 2 fully saturated rings. The molecule has 1 saturated carbocycles. The van der Waals surface area contributed by atoms with Gasteiger partial charge in [0.05, 0.1) is 5.56 Å². The van der Waals surface area contributed by atoms with Crippen molar-refractivity contribution in [3.63, 3.8) is 0 Å². The van der Waals surface area contributed by atoms with E-state index in [9.17, 15) is 14.3 Å². The second-order valence-corrected chi connectivity index (χ2v) is 9.68. The number of hydrogen-bond donors (Lipinski definition) is 1. The van der Waals surface area contributed by atoms with Crippen LogP contribution in [0, 0.1) is 5.82 Å². The standard InChI is InChI=1S/C24H27Cl2FN2O2/c1-14-12-28(5-6-29(14)15(2)17-7-19(25)10-20(26)8-17)13-18-9-23(27)22(24(30)31)11-21(18)16-3-4-16/h7-11,14-16H,3-6,12-13H2,1-2H3,(H,30,31)/t14?,15-/m1/s1. The molecule has 1 aliphatic carbocycles. The van der Waals surface area contributed by atoms with Gasteiger partial charge in [-0.1, -0.05) is 23.2 Å². The Morgan fingerprint density at radius 2 is 1.84 bits per heavy atom. The first-order valence-corrected chi connectivity index (χ1v) is 11.5. The van der Waals surface area contributed by atoms with Crippen LogP contribution < -0.4 is 0 Å². The van der Waals surface area contributed by atoms with Gasteiger partial charge in [-0.15, -0.1) is 0 Å². The Kier molecular flexibility index (Phi) is 6.59. The smallest absolute Gasteiger partial charge is 0.338 e. The molecule has 1 N–H and O–H groups in total. The van der Waals surface area contributed by atoms with Crippen molar-refractivity contribution in [3.05, 3.63) is 68.4 Å². The lowest BCUT2D eigenvalue weighted by atomic mass is 9.98. The third-order valence-corrected chi connectivity index (χ3v) is 6.93. The third kappa shape index (κ3) is 5.06. The molecular formula is C24H27Cl2FN2O2. The van der Waals surface area contributed by atoms with Crippen molar-refractivity contribution < 1.29 is 14.3 Å². The second kappa shape index (κ2) is 9.07. The van der Waals surface area contributed by atoms with E-state index in [0.29, 0.717) is 28.5 Å². The monoisotopic (exact) mass is 464 g/mol. The topological polar surface area (TPSA) is 43.8 Å². The number of piperazine rings is 1. The molecule has 166 valence electrons. The summed E-state index contributed by atoms with van der Waals surface area (Å²) in [6, 6.07) is 9.14. The van der Waals surface area contributed by atoms with Crippen molar-refractivity contribution in [1.29, 1.82) is 0 Å². The molecule has 2 aliphatic rings. The second-order valence-electron chi connectivity index (χ2n) is 8.81. The molecule has 0 amide bonds. The van der Waals surface area contributed by atoms with Gasteiger partial charge in [-0.3, -0.25) is 9.80 Å². The van der Waals surface area contributed by atoms with E-state index >= 15 is 0 Å². The SMILES string of the molecule is CC1CN(Cc2cc(F)c(C(=O)O)cc2C2CC2)CCN1[C@H](C)c1cc(Cl)cc(Cl)c1. The number of carbonyl (C=O) groups is 1. The summed E-state index contributed by atoms with van der Waals surface area (Å²) in [4.78, 5) is 16.1. The molecule has 1 saturated heterocycles.